The number of halogens is 1. The maximum atomic E-state index is 14.0. The molecule has 13 heteroatoms. The van der Waals surface area contributed by atoms with Gasteiger partial charge in [-0.2, -0.15) is 0 Å². The van der Waals surface area contributed by atoms with Gasteiger partial charge in [-0.1, -0.05) is 32.1 Å². The number of hydrogen-bond acceptors (Lipinski definition) is 7. The summed E-state index contributed by atoms with van der Waals surface area (Å²) >= 11 is 0. The molecule has 2 saturated carbocycles. The van der Waals surface area contributed by atoms with Gasteiger partial charge in [-0.3, -0.25) is 14.4 Å². The number of nitrogens with zero attached hydrogens (tertiary/aromatic N) is 1. The van der Waals surface area contributed by atoms with Crippen molar-refractivity contribution in [3.63, 3.8) is 0 Å². The third kappa shape index (κ3) is 9.65. The van der Waals surface area contributed by atoms with Crippen LogP contribution in [0, 0.1) is 23.7 Å². The topological polar surface area (TPSA) is 151 Å². The first-order valence-electron chi connectivity index (χ1n) is 16.4. The molecule has 3 N–H and O–H groups in total. The van der Waals surface area contributed by atoms with Gasteiger partial charge in [0.2, 0.25) is 21.8 Å². The maximum Gasteiger partial charge on any atom is 0.407 e. The lowest BCUT2D eigenvalue weighted by Gasteiger charge is -2.37. The first-order valence-corrected chi connectivity index (χ1v) is 18.3. The Morgan fingerprint density at radius 3 is 2.15 bits per heavy atom. The van der Waals surface area contributed by atoms with Gasteiger partial charge in [0.05, 0.1) is 12.3 Å². The van der Waals surface area contributed by atoms with E-state index in [4.69, 9.17) is 4.74 Å². The molecule has 256 valence electrons. The number of ether oxygens (including phenoxy) is 1. The number of sulfonamides is 1. The second kappa shape index (κ2) is 15.1. The molecule has 0 aromatic heterocycles. The number of alkyl carbamates (subject to hydrolysis) is 1. The zero-order chi connectivity index (χ0) is 33.6. The monoisotopic (exact) mass is 664 g/mol. The van der Waals surface area contributed by atoms with Gasteiger partial charge in [-0.05, 0) is 94.9 Å². The van der Waals surface area contributed by atoms with Crippen molar-refractivity contribution in [3.8, 4) is 0 Å². The summed E-state index contributed by atoms with van der Waals surface area (Å²) in [7, 11) is -3.72. The van der Waals surface area contributed by atoms with E-state index in [1.807, 2.05) is 4.72 Å². The van der Waals surface area contributed by atoms with Crippen LogP contribution in [0.15, 0.2) is 24.3 Å². The minimum atomic E-state index is -3.72. The van der Waals surface area contributed by atoms with Gasteiger partial charge in [-0.15, -0.1) is 0 Å². The van der Waals surface area contributed by atoms with E-state index in [0.717, 1.165) is 38.4 Å². The summed E-state index contributed by atoms with van der Waals surface area (Å²) < 4.78 is 44.0. The molecule has 4 amide bonds. The van der Waals surface area contributed by atoms with Gasteiger partial charge in [0.25, 0.3) is 5.91 Å². The Bertz CT molecular complexity index is 1350. The van der Waals surface area contributed by atoms with Crippen LogP contribution in [0.25, 0.3) is 0 Å². The van der Waals surface area contributed by atoms with Gasteiger partial charge in [0.15, 0.2) is 0 Å². The highest BCUT2D eigenvalue weighted by Gasteiger charge is 2.47. The van der Waals surface area contributed by atoms with Crippen LogP contribution in [-0.4, -0.2) is 74.3 Å². The number of alkyl halides is 1. The molecule has 2 aliphatic carbocycles. The molecule has 1 heterocycles. The minimum Gasteiger partial charge on any atom is -0.444 e. The van der Waals surface area contributed by atoms with Gasteiger partial charge < -0.3 is 20.3 Å². The molecule has 11 nitrogen and oxygen atoms in total. The van der Waals surface area contributed by atoms with Crippen LogP contribution in [0.2, 0.25) is 0 Å². The van der Waals surface area contributed by atoms with Crippen molar-refractivity contribution < 1.29 is 36.7 Å². The molecule has 1 aromatic carbocycles. The van der Waals surface area contributed by atoms with Crippen molar-refractivity contribution in [2.24, 2.45) is 23.7 Å². The molecule has 0 unspecified atom stereocenters. The van der Waals surface area contributed by atoms with Gasteiger partial charge >= 0.3 is 6.09 Å². The number of likely N-dealkylation sites (tertiary alicyclic amines) is 1. The Hall–Kier alpha value is -3.22. The molecule has 3 aliphatic rings. The number of nitrogens with one attached hydrogen (secondary N) is 3. The highest BCUT2D eigenvalue weighted by Crippen LogP contribution is 2.41. The van der Waals surface area contributed by atoms with Gasteiger partial charge in [-0.25, -0.2) is 22.3 Å². The quantitative estimate of drug-likeness (QED) is 0.344. The van der Waals surface area contributed by atoms with E-state index in [1.54, 1.807) is 37.8 Å². The molecule has 46 heavy (non-hydrogen) atoms. The van der Waals surface area contributed by atoms with Crippen molar-refractivity contribution in [3.05, 3.63) is 29.8 Å². The van der Waals surface area contributed by atoms with Crippen molar-refractivity contribution in [2.45, 2.75) is 103 Å². The zero-order valence-corrected chi connectivity index (χ0v) is 28.2. The normalized spacial score (nSPS) is 24.9. The van der Waals surface area contributed by atoms with Crippen LogP contribution in [0.3, 0.4) is 0 Å². The summed E-state index contributed by atoms with van der Waals surface area (Å²) in [6, 6.07) is 4.64. The second-order valence-electron chi connectivity index (χ2n) is 14.1. The van der Waals surface area contributed by atoms with E-state index in [0.29, 0.717) is 43.8 Å². The summed E-state index contributed by atoms with van der Waals surface area (Å²) in [5.41, 5.74) is -0.116. The number of anilines is 1. The molecular weight excluding hydrogens is 615 g/mol. The fourth-order valence-electron chi connectivity index (χ4n) is 7.35. The average molecular weight is 665 g/mol. The molecule has 1 aliphatic heterocycles. The summed E-state index contributed by atoms with van der Waals surface area (Å²) in [6.45, 7) is 5.02. The van der Waals surface area contributed by atoms with E-state index >= 15 is 0 Å². The van der Waals surface area contributed by atoms with Crippen molar-refractivity contribution in [2.75, 3.05) is 24.8 Å². The number of benzene rings is 1. The largest absolute Gasteiger partial charge is 0.444 e. The Kier molecular flexibility index (Phi) is 11.7. The third-order valence-electron chi connectivity index (χ3n) is 9.50. The average Bonchev–Trinajstić information content (AvgIpc) is 3.44. The third-order valence-corrected chi connectivity index (χ3v) is 10.1. The summed E-state index contributed by atoms with van der Waals surface area (Å²) in [4.78, 5) is 54.1. The van der Waals surface area contributed by atoms with Gasteiger partial charge in [0, 0.05) is 23.7 Å². The van der Waals surface area contributed by atoms with Crippen LogP contribution in [0.1, 0.15) is 95.3 Å². The predicted octanol–water partition coefficient (Wildman–Crippen LogP) is 4.78. The Balaban J connectivity index is 1.43. The molecule has 0 spiro atoms. The minimum absolute atomic E-state index is 0.0364. The first kappa shape index (κ1) is 35.6. The van der Waals surface area contributed by atoms with E-state index < -0.39 is 46.4 Å². The van der Waals surface area contributed by atoms with Crippen LogP contribution in [0.5, 0.6) is 0 Å². The van der Waals surface area contributed by atoms with E-state index in [-0.39, 0.29) is 35.1 Å². The van der Waals surface area contributed by atoms with Crippen molar-refractivity contribution >= 4 is 39.5 Å². The molecular formula is C33H49FN4O7S. The Labute approximate surface area is 271 Å². The number of rotatable bonds is 9. The van der Waals surface area contributed by atoms with E-state index in [9.17, 15) is 32.0 Å². The predicted molar refractivity (Wildman–Crippen MR) is 172 cm³/mol. The summed E-state index contributed by atoms with van der Waals surface area (Å²) in [5.74, 6) is -1.11. The second-order valence-corrected chi connectivity index (χ2v) is 15.9. The Morgan fingerprint density at radius 2 is 1.59 bits per heavy atom. The Morgan fingerprint density at radius 1 is 0.957 bits per heavy atom. The van der Waals surface area contributed by atoms with Crippen molar-refractivity contribution in [1.82, 2.24) is 14.9 Å². The molecule has 1 aromatic rings. The molecule has 3 atom stereocenters. The lowest BCUT2D eigenvalue weighted by molar-refractivity contribution is -0.142. The molecule has 3 fully saturated rings. The molecule has 0 radical (unpaired) electrons. The zero-order valence-electron chi connectivity index (χ0n) is 27.3. The highest BCUT2D eigenvalue weighted by atomic mass is 32.2. The van der Waals surface area contributed by atoms with Crippen LogP contribution in [0.4, 0.5) is 14.9 Å². The summed E-state index contributed by atoms with van der Waals surface area (Å²) in [5, 5.41) is 5.61. The van der Waals surface area contributed by atoms with Crippen LogP contribution < -0.4 is 15.4 Å². The maximum absolute atomic E-state index is 14.0. The van der Waals surface area contributed by atoms with E-state index in [1.165, 1.54) is 18.6 Å². The SMILES string of the molecule is CC(C)(C)OC(=O)N[C@H](CF)[C@H]1CC[C@H](C(=O)N2CC[C@@H](C3CCCCC3)[C@H]2C(=O)Nc2ccc(C(=O)NS(C)(=O)=O)cc2)CC1. The number of carbonyl (C=O) groups excluding carboxylic acids is 4. The molecule has 1 saturated heterocycles. The van der Waals surface area contributed by atoms with Gasteiger partial charge in [0.1, 0.15) is 18.3 Å². The number of amides is 4. The smallest absolute Gasteiger partial charge is 0.407 e. The fraction of sp³-hybridized carbons (Fsp3) is 0.697. The number of hydrogen-bond donors (Lipinski definition) is 3. The lowest BCUT2D eigenvalue weighted by atomic mass is 9.76. The number of carbonyl (C=O) groups is 4. The fourth-order valence-corrected chi connectivity index (χ4v) is 7.80. The highest BCUT2D eigenvalue weighted by molar-refractivity contribution is 7.89. The van der Waals surface area contributed by atoms with Crippen LogP contribution in [-0.2, 0) is 24.3 Å². The van der Waals surface area contributed by atoms with E-state index in [2.05, 4.69) is 10.6 Å². The molecule has 0 bridgehead atoms. The lowest BCUT2D eigenvalue weighted by Crippen LogP contribution is -2.50. The van der Waals surface area contributed by atoms with Crippen LogP contribution >= 0.6 is 0 Å². The molecule has 4 rings (SSSR count). The standard InChI is InChI=1S/C33H49FN4O7S/c1-33(2,3)45-32(42)36-27(20-34)22-10-12-24(13-11-22)31(41)38-19-18-26(21-8-6-5-7-9-21)28(38)30(40)35-25-16-14-23(15-17-25)29(39)37-46(4,43)44/h14-17,21-22,24,26-28H,5-13,18-20H2,1-4H3,(H,35,40)(H,36,42)(H,37,39)/t22-,24-,26-,27+,28-/m0/s1. The first-order chi connectivity index (χ1) is 21.6. The van der Waals surface area contributed by atoms with Crippen molar-refractivity contribution in [1.29, 1.82) is 0 Å². The summed E-state index contributed by atoms with van der Waals surface area (Å²) in [6.07, 6.45) is 8.70.